The van der Waals surface area contributed by atoms with E-state index in [0.29, 0.717) is 12.8 Å². The average Bonchev–Trinajstić information content (AvgIpc) is 3.26. The number of rotatable bonds is 20. The number of primary amides is 2. The Morgan fingerprint density at radius 1 is 0.451 bits per heavy atom. The number of aliphatic hydroxyl groups is 2. The highest BCUT2D eigenvalue weighted by atomic mass is 16.3. The molecule has 0 aliphatic carbocycles. The first-order chi connectivity index (χ1) is 33.2. The molecule has 0 aromatic carbocycles. The number of aliphatic hydroxyl groups excluding tert-OH is 2. The number of carbonyl (C=O) groups is 11. The van der Waals surface area contributed by atoms with Gasteiger partial charge in [-0.3, -0.25) is 52.7 Å². The van der Waals surface area contributed by atoms with Crippen LogP contribution in [0, 0.1) is 11.8 Å². The molecule has 0 aromatic rings. The standard InChI is InChI=1S/C46H82N12O13/c1-9-10-11-12-13-14-16-28-39(64)51-29(17-15-18-47)40(65)57-36(26(7)59)45(70)50-25(6)38(63)53-32(21-34(48)61)42(67)55-33(22-35(49)62)43(68)54-31(20-24(4)5)44(69)58-37(27(8)60)46(71)56-30(19-23(2)3)41(66)52-28/h23-33,36-37,59-60H,9-22,47H2,1-8H3,(H2,48,61)(H2,49,62)(H,50,70)(H,51,64)(H,52,66)(H,53,63)(H,54,68)(H,55,67)(H,56,71)(H,57,65)(H,58,69)/t25-,26+,27+,28-,29-,30+,31+,32-,33+,36-,37-/m0/s1. The first kappa shape index (κ1) is 63.1. The van der Waals surface area contributed by atoms with Gasteiger partial charge in [0.1, 0.15) is 54.4 Å². The van der Waals surface area contributed by atoms with Crippen LogP contribution in [0.3, 0.4) is 0 Å². The molecule has 71 heavy (non-hydrogen) atoms. The SMILES string of the molecule is CCCCCCCC[C@@H]1NC(=O)[C@@H](CC(C)C)NC(=O)[C@H]([C@@H](C)O)NC(=O)[C@@H](CC(C)C)NC(=O)[C@@H](CC(N)=O)NC(=O)[C@H](CC(N)=O)NC(=O)[C@H](C)NC(=O)[C@H]([C@@H](C)O)NC(=O)[C@H](CCCN)NC1=O. The van der Waals surface area contributed by atoms with E-state index >= 15 is 0 Å². The van der Waals surface area contributed by atoms with Crippen LogP contribution in [0.15, 0.2) is 0 Å². The van der Waals surface area contributed by atoms with Gasteiger partial charge in [-0.2, -0.15) is 0 Å². The fourth-order valence-electron chi connectivity index (χ4n) is 7.55. The summed E-state index contributed by atoms with van der Waals surface area (Å²) in [7, 11) is 0. The Kier molecular flexibility index (Phi) is 28.5. The molecule has 0 bridgehead atoms. The van der Waals surface area contributed by atoms with Gasteiger partial charge in [-0.15, -0.1) is 0 Å². The predicted octanol–water partition coefficient (Wildman–Crippen LogP) is -3.52. The van der Waals surface area contributed by atoms with Crippen molar-refractivity contribution in [1.29, 1.82) is 0 Å². The van der Waals surface area contributed by atoms with Gasteiger partial charge >= 0.3 is 0 Å². The van der Waals surface area contributed by atoms with Gasteiger partial charge < -0.3 is 75.3 Å². The van der Waals surface area contributed by atoms with Crippen molar-refractivity contribution >= 4 is 65.0 Å². The molecule has 404 valence electrons. The van der Waals surface area contributed by atoms with Crippen molar-refractivity contribution in [2.75, 3.05) is 6.54 Å². The third-order valence-corrected chi connectivity index (χ3v) is 11.4. The number of hydrogen-bond donors (Lipinski definition) is 14. The highest BCUT2D eigenvalue weighted by Gasteiger charge is 2.38. The zero-order chi connectivity index (χ0) is 54.1. The normalized spacial score (nSPS) is 26.3. The quantitative estimate of drug-likeness (QED) is 0.0526. The Labute approximate surface area is 415 Å². The molecule has 1 heterocycles. The van der Waals surface area contributed by atoms with Gasteiger partial charge in [-0.25, -0.2) is 0 Å². The van der Waals surface area contributed by atoms with Crippen molar-refractivity contribution in [1.82, 2.24) is 47.9 Å². The zero-order valence-electron chi connectivity index (χ0n) is 42.5. The summed E-state index contributed by atoms with van der Waals surface area (Å²) in [5, 5.41) is 43.5. The molecule has 11 amide bonds. The van der Waals surface area contributed by atoms with Gasteiger partial charge in [0.15, 0.2) is 0 Å². The zero-order valence-corrected chi connectivity index (χ0v) is 42.5. The number of nitrogens with one attached hydrogen (secondary N) is 9. The first-order valence-electron chi connectivity index (χ1n) is 24.6. The first-order valence-corrected chi connectivity index (χ1v) is 24.6. The van der Waals surface area contributed by atoms with E-state index in [0.717, 1.165) is 25.7 Å². The van der Waals surface area contributed by atoms with Crippen molar-refractivity contribution in [3.8, 4) is 0 Å². The lowest BCUT2D eigenvalue weighted by Gasteiger charge is -2.29. The molecule has 25 heteroatoms. The summed E-state index contributed by atoms with van der Waals surface area (Å²) < 4.78 is 0. The Balaban J connectivity index is 4.01. The molecule has 1 fully saturated rings. The van der Waals surface area contributed by atoms with Crippen LogP contribution in [0.5, 0.6) is 0 Å². The maximum absolute atomic E-state index is 14.2. The highest BCUT2D eigenvalue weighted by molar-refractivity contribution is 6.00. The minimum Gasteiger partial charge on any atom is -0.391 e. The van der Waals surface area contributed by atoms with E-state index in [1.54, 1.807) is 27.7 Å². The summed E-state index contributed by atoms with van der Waals surface area (Å²) in [5.74, 6) is -11.8. The molecule has 1 saturated heterocycles. The number of carbonyl (C=O) groups excluding carboxylic acids is 11. The minimum absolute atomic E-state index is 0.0206. The molecule has 1 aliphatic heterocycles. The van der Waals surface area contributed by atoms with Gasteiger partial charge in [0, 0.05) is 0 Å². The topological polar surface area (TPSA) is 415 Å². The highest BCUT2D eigenvalue weighted by Crippen LogP contribution is 2.14. The maximum atomic E-state index is 14.2. The Morgan fingerprint density at radius 3 is 1.20 bits per heavy atom. The summed E-state index contributed by atoms with van der Waals surface area (Å²) >= 11 is 0. The smallest absolute Gasteiger partial charge is 0.245 e. The molecular weight excluding hydrogens is 929 g/mol. The van der Waals surface area contributed by atoms with E-state index in [9.17, 15) is 63.0 Å². The lowest BCUT2D eigenvalue weighted by molar-refractivity contribution is -0.138. The molecule has 11 atom stereocenters. The van der Waals surface area contributed by atoms with Crippen LogP contribution in [0.25, 0.3) is 0 Å². The van der Waals surface area contributed by atoms with E-state index in [2.05, 4.69) is 54.8 Å². The Hall–Kier alpha value is -5.95. The average molecular weight is 1010 g/mol. The summed E-state index contributed by atoms with van der Waals surface area (Å²) in [6, 6.07) is -14.1. The summed E-state index contributed by atoms with van der Waals surface area (Å²) in [6.45, 7) is 12.6. The van der Waals surface area contributed by atoms with Crippen LogP contribution in [0.2, 0.25) is 0 Å². The Bertz CT molecular complexity index is 1830. The lowest BCUT2D eigenvalue weighted by Crippen LogP contribution is -2.62. The fraction of sp³-hybridized carbons (Fsp3) is 0.761. The van der Waals surface area contributed by atoms with E-state index in [1.807, 2.05) is 0 Å². The number of nitrogens with two attached hydrogens (primary N) is 3. The van der Waals surface area contributed by atoms with E-state index in [-0.39, 0.29) is 50.5 Å². The van der Waals surface area contributed by atoms with Gasteiger partial charge in [0.25, 0.3) is 0 Å². The second-order valence-electron chi connectivity index (χ2n) is 19.1. The van der Waals surface area contributed by atoms with Crippen molar-refractivity contribution in [3.63, 3.8) is 0 Å². The van der Waals surface area contributed by atoms with Gasteiger partial charge in [0.05, 0.1) is 25.0 Å². The Morgan fingerprint density at radius 2 is 0.775 bits per heavy atom. The number of hydrogen-bond acceptors (Lipinski definition) is 14. The molecule has 0 saturated carbocycles. The second kappa shape index (κ2) is 32.1. The largest absolute Gasteiger partial charge is 0.391 e. The summed E-state index contributed by atoms with van der Waals surface area (Å²) in [4.78, 5) is 149. The molecule has 1 aliphatic rings. The van der Waals surface area contributed by atoms with E-state index < -0.39 is 144 Å². The van der Waals surface area contributed by atoms with Gasteiger partial charge in [-0.05, 0) is 71.3 Å². The molecule has 0 unspecified atom stereocenters. The third-order valence-electron chi connectivity index (χ3n) is 11.4. The van der Waals surface area contributed by atoms with Crippen LogP contribution < -0.4 is 65.1 Å². The van der Waals surface area contributed by atoms with Crippen LogP contribution >= 0.6 is 0 Å². The molecule has 17 N–H and O–H groups in total. The van der Waals surface area contributed by atoms with Crippen LogP contribution in [0.1, 0.15) is 139 Å². The molecule has 0 radical (unpaired) electrons. The number of unbranched alkanes of at least 4 members (excludes halogenated alkanes) is 5. The van der Waals surface area contributed by atoms with E-state index in [4.69, 9.17) is 17.2 Å². The van der Waals surface area contributed by atoms with Crippen molar-refractivity contribution in [3.05, 3.63) is 0 Å². The van der Waals surface area contributed by atoms with Crippen molar-refractivity contribution in [2.24, 2.45) is 29.0 Å². The van der Waals surface area contributed by atoms with Crippen molar-refractivity contribution < 1.29 is 63.0 Å². The molecule has 0 aromatic heterocycles. The third kappa shape index (κ3) is 23.7. The summed E-state index contributed by atoms with van der Waals surface area (Å²) in [5.41, 5.74) is 16.6. The van der Waals surface area contributed by atoms with Crippen LogP contribution in [-0.4, -0.2) is 148 Å². The maximum Gasteiger partial charge on any atom is 0.245 e. The molecular formula is C46H82N12O13. The van der Waals surface area contributed by atoms with Crippen LogP contribution in [-0.2, 0) is 52.7 Å². The van der Waals surface area contributed by atoms with Crippen molar-refractivity contribution in [2.45, 2.75) is 205 Å². The lowest BCUT2D eigenvalue weighted by atomic mass is 9.99. The van der Waals surface area contributed by atoms with E-state index in [1.165, 1.54) is 20.8 Å². The van der Waals surface area contributed by atoms with Gasteiger partial charge in [0.2, 0.25) is 65.0 Å². The predicted molar refractivity (Wildman–Crippen MR) is 259 cm³/mol. The van der Waals surface area contributed by atoms with Gasteiger partial charge in [-0.1, -0.05) is 73.1 Å². The molecule has 25 nitrogen and oxygen atoms in total. The van der Waals surface area contributed by atoms with Crippen LogP contribution in [0.4, 0.5) is 0 Å². The molecule has 0 spiro atoms. The monoisotopic (exact) mass is 1010 g/mol. The second-order valence-corrected chi connectivity index (χ2v) is 19.1. The molecule has 1 rings (SSSR count). The summed E-state index contributed by atoms with van der Waals surface area (Å²) in [6.07, 6.45) is 0.250. The minimum atomic E-state index is -1.82. The fourth-order valence-corrected chi connectivity index (χ4v) is 7.55. The number of amides is 11.